The van der Waals surface area contributed by atoms with Crippen molar-refractivity contribution in [1.82, 2.24) is 20.2 Å². The molecule has 3 aromatic rings. The first-order chi connectivity index (χ1) is 17.1. The second-order valence-electron chi connectivity index (χ2n) is 8.48. The lowest BCUT2D eigenvalue weighted by molar-refractivity contribution is -0.125. The summed E-state index contributed by atoms with van der Waals surface area (Å²) in [4.78, 5) is 23.8. The van der Waals surface area contributed by atoms with E-state index in [2.05, 4.69) is 30.8 Å². The third-order valence-electron chi connectivity index (χ3n) is 6.12. The molecule has 1 fully saturated rings. The maximum atomic E-state index is 12.9. The van der Waals surface area contributed by atoms with Gasteiger partial charge in [-0.2, -0.15) is 0 Å². The van der Waals surface area contributed by atoms with E-state index in [1.54, 1.807) is 7.11 Å². The number of carbonyl (C=O) groups is 1. The zero-order chi connectivity index (χ0) is 24.2. The Hall–Kier alpha value is -3.56. The molecule has 3 heterocycles. The fourth-order valence-corrected chi connectivity index (χ4v) is 4.59. The predicted octanol–water partition coefficient (Wildman–Crippen LogP) is 4.10. The third kappa shape index (κ3) is 5.41. The van der Waals surface area contributed by atoms with Crippen molar-refractivity contribution >= 4 is 40.5 Å². The third-order valence-corrected chi connectivity index (χ3v) is 6.49. The van der Waals surface area contributed by atoms with Crippen molar-refractivity contribution in [3.8, 4) is 11.5 Å². The van der Waals surface area contributed by atoms with Crippen molar-refractivity contribution in [3.05, 3.63) is 59.4 Å². The van der Waals surface area contributed by atoms with Gasteiger partial charge < -0.3 is 25.4 Å². The van der Waals surface area contributed by atoms with Crippen molar-refractivity contribution in [2.45, 2.75) is 25.4 Å². The predicted molar refractivity (Wildman–Crippen MR) is 135 cm³/mol. The van der Waals surface area contributed by atoms with Crippen molar-refractivity contribution in [1.29, 1.82) is 0 Å². The van der Waals surface area contributed by atoms with E-state index in [-0.39, 0.29) is 11.9 Å². The molecule has 2 aliphatic rings. The molecule has 1 saturated heterocycles. The Bertz CT molecular complexity index is 1220. The summed E-state index contributed by atoms with van der Waals surface area (Å²) in [7, 11) is 1.59. The maximum absolute atomic E-state index is 12.9. The van der Waals surface area contributed by atoms with Crippen LogP contribution in [0.15, 0.2) is 48.8 Å². The summed E-state index contributed by atoms with van der Waals surface area (Å²) in [5.41, 5.74) is 2.59. The first-order valence-corrected chi connectivity index (χ1v) is 11.9. The molecule has 0 spiro atoms. The van der Waals surface area contributed by atoms with Crippen molar-refractivity contribution in [2.75, 3.05) is 37.4 Å². The number of hydrogen-bond acceptors (Lipinski definition) is 8. The SMILES string of the molecule is COc1ccc2cc1OCCNC(=O)C1CCCN1Cc1cc(ccc1Cl)Nc1cc(ncn1)N2. The highest BCUT2D eigenvalue weighted by Crippen LogP contribution is 2.32. The minimum absolute atomic E-state index is 0.00287. The molecule has 182 valence electrons. The number of carbonyl (C=O) groups excluding carboxylic acids is 1. The number of ether oxygens (including phenoxy) is 2. The van der Waals surface area contributed by atoms with Gasteiger partial charge in [-0.15, -0.1) is 0 Å². The van der Waals surface area contributed by atoms with Crippen LogP contribution in [0.25, 0.3) is 0 Å². The van der Waals surface area contributed by atoms with Crippen LogP contribution >= 0.6 is 11.6 Å². The molecule has 5 rings (SSSR count). The van der Waals surface area contributed by atoms with E-state index >= 15 is 0 Å². The zero-order valence-electron chi connectivity index (χ0n) is 19.4. The van der Waals surface area contributed by atoms with E-state index in [0.29, 0.717) is 47.9 Å². The number of aromatic nitrogens is 2. The summed E-state index contributed by atoms with van der Waals surface area (Å²) in [6.07, 6.45) is 3.27. The van der Waals surface area contributed by atoms with Crippen LogP contribution in [0.4, 0.5) is 23.0 Å². The molecule has 1 atom stereocenters. The normalized spacial score (nSPS) is 18.5. The number of hydrogen-bond donors (Lipinski definition) is 3. The van der Waals surface area contributed by atoms with Crippen LogP contribution in [0, 0.1) is 0 Å². The maximum Gasteiger partial charge on any atom is 0.237 e. The summed E-state index contributed by atoms with van der Waals surface area (Å²) in [6, 6.07) is 12.9. The summed E-state index contributed by atoms with van der Waals surface area (Å²) in [5.74, 6) is 2.44. The highest BCUT2D eigenvalue weighted by atomic mass is 35.5. The number of nitrogens with zero attached hydrogens (tertiary/aromatic N) is 3. The molecule has 0 saturated carbocycles. The fourth-order valence-electron chi connectivity index (χ4n) is 4.41. The molecular formula is C25H27ClN6O3. The minimum Gasteiger partial charge on any atom is -0.493 e. The Labute approximate surface area is 208 Å². The summed E-state index contributed by atoms with van der Waals surface area (Å²) < 4.78 is 11.4. The quantitative estimate of drug-likeness (QED) is 0.465. The van der Waals surface area contributed by atoms with Gasteiger partial charge in [-0.25, -0.2) is 9.97 Å². The number of halogens is 1. The van der Waals surface area contributed by atoms with E-state index < -0.39 is 0 Å². The molecule has 35 heavy (non-hydrogen) atoms. The molecule has 0 radical (unpaired) electrons. The molecule has 6 bridgehead atoms. The number of amides is 1. The molecular weight excluding hydrogens is 468 g/mol. The van der Waals surface area contributed by atoms with Gasteiger partial charge in [0.05, 0.1) is 19.7 Å². The molecule has 2 aromatic carbocycles. The van der Waals surface area contributed by atoms with Gasteiger partial charge in [0, 0.05) is 35.1 Å². The van der Waals surface area contributed by atoms with Gasteiger partial charge in [0.25, 0.3) is 0 Å². The van der Waals surface area contributed by atoms with Crippen LogP contribution in [0.5, 0.6) is 11.5 Å². The number of methoxy groups -OCH3 is 1. The fraction of sp³-hybridized carbons (Fsp3) is 0.320. The Morgan fingerprint density at radius 3 is 2.66 bits per heavy atom. The van der Waals surface area contributed by atoms with Crippen LogP contribution < -0.4 is 25.4 Å². The zero-order valence-corrected chi connectivity index (χ0v) is 20.1. The molecule has 0 aliphatic carbocycles. The van der Waals surface area contributed by atoms with E-state index in [1.807, 2.05) is 42.5 Å². The topological polar surface area (TPSA) is 101 Å². The monoisotopic (exact) mass is 494 g/mol. The van der Waals surface area contributed by atoms with Gasteiger partial charge in [0.2, 0.25) is 5.91 Å². The molecule has 2 aliphatic heterocycles. The van der Waals surface area contributed by atoms with Crippen LogP contribution in [0.1, 0.15) is 18.4 Å². The highest BCUT2D eigenvalue weighted by Gasteiger charge is 2.30. The van der Waals surface area contributed by atoms with E-state index in [9.17, 15) is 4.79 Å². The van der Waals surface area contributed by atoms with E-state index in [4.69, 9.17) is 21.1 Å². The average Bonchev–Trinajstić information content (AvgIpc) is 3.32. The van der Waals surface area contributed by atoms with Gasteiger partial charge in [0.1, 0.15) is 24.6 Å². The van der Waals surface area contributed by atoms with Crippen LogP contribution in [-0.2, 0) is 11.3 Å². The minimum atomic E-state index is -0.198. The van der Waals surface area contributed by atoms with Crippen molar-refractivity contribution in [3.63, 3.8) is 0 Å². The summed E-state index contributed by atoms with van der Waals surface area (Å²) in [5, 5.41) is 10.3. The Morgan fingerprint density at radius 1 is 1.09 bits per heavy atom. The smallest absolute Gasteiger partial charge is 0.237 e. The Balaban J connectivity index is 1.48. The largest absolute Gasteiger partial charge is 0.493 e. The number of nitrogens with one attached hydrogen (secondary N) is 3. The van der Waals surface area contributed by atoms with E-state index in [0.717, 1.165) is 36.3 Å². The second kappa shape index (κ2) is 10.4. The van der Waals surface area contributed by atoms with Gasteiger partial charge >= 0.3 is 0 Å². The number of fused-ring (bicyclic) bond motifs is 7. The molecule has 1 aromatic heterocycles. The van der Waals surface area contributed by atoms with Crippen LogP contribution in [-0.4, -0.2) is 53.6 Å². The molecule has 10 heteroatoms. The van der Waals surface area contributed by atoms with Gasteiger partial charge in [-0.3, -0.25) is 9.69 Å². The lowest BCUT2D eigenvalue weighted by Crippen LogP contribution is -2.44. The van der Waals surface area contributed by atoms with Crippen LogP contribution in [0.3, 0.4) is 0 Å². The lowest BCUT2D eigenvalue weighted by Gasteiger charge is -2.24. The number of benzene rings is 2. The van der Waals surface area contributed by atoms with Gasteiger partial charge in [-0.1, -0.05) is 11.6 Å². The van der Waals surface area contributed by atoms with Crippen molar-refractivity contribution in [2.24, 2.45) is 0 Å². The number of anilines is 4. The van der Waals surface area contributed by atoms with E-state index in [1.165, 1.54) is 6.33 Å². The first kappa shape index (κ1) is 23.2. The molecule has 1 unspecified atom stereocenters. The lowest BCUT2D eigenvalue weighted by atomic mass is 10.1. The first-order valence-electron chi connectivity index (χ1n) is 11.6. The molecule has 9 nitrogen and oxygen atoms in total. The number of rotatable bonds is 1. The van der Waals surface area contributed by atoms with Gasteiger partial charge in [-0.05, 0) is 55.3 Å². The summed E-state index contributed by atoms with van der Waals surface area (Å²) in [6.45, 7) is 2.13. The van der Waals surface area contributed by atoms with Crippen LogP contribution in [0.2, 0.25) is 5.02 Å². The van der Waals surface area contributed by atoms with Gasteiger partial charge in [0.15, 0.2) is 11.5 Å². The molecule has 3 N–H and O–H groups in total. The average molecular weight is 495 g/mol. The van der Waals surface area contributed by atoms with Crippen molar-refractivity contribution < 1.29 is 14.3 Å². The Morgan fingerprint density at radius 2 is 1.86 bits per heavy atom. The summed E-state index contributed by atoms with van der Waals surface area (Å²) >= 11 is 6.52. The Kier molecular flexibility index (Phi) is 6.87. The standard InChI is InChI=1S/C25H27ClN6O3/c1-34-21-7-5-18-12-22(21)35-10-8-27-25(33)20-3-2-9-32(20)14-16-11-17(4-6-19(16)26)30-23-13-24(31-18)29-15-28-23/h4-7,11-13,15,20H,2-3,8-10,14H2,1H3,(H,27,33)(H2,28,29,30,31). The second-order valence-corrected chi connectivity index (χ2v) is 8.89. The molecule has 1 amide bonds. The highest BCUT2D eigenvalue weighted by molar-refractivity contribution is 6.31.